The molecule has 3 unspecified atom stereocenters. The van der Waals surface area contributed by atoms with Crippen LogP contribution in [0.4, 0.5) is 5.69 Å². The zero-order valence-electron chi connectivity index (χ0n) is 14.8. The van der Waals surface area contributed by atoms with Crippen molar-refractivity contribution in [3.8, 4) is 0 Å². The molecular weight excluding hydrogens is 370 g/mol. The number of esters is 1. The van der Waals surface area contributed by atoms with Gasteiger partial charge in [0.05, 0.1) is 30.8 Å². The van der Waals surface area contributed by atoms with Gasteiger partial charge in [0.25, 0.3) is 0 Å². The zero-order chi connectivity index (χ0) is 20.3. The first-order valence-electron chi connectivity index (χ1n) is 8.73. The highest BCUT2D eigenvalue weighted by molar-refractivity contribution is 5.90. The Balaban J connectivity index is 1.67. The maximum atomic E-state index is 12.5. The maximum absolute atomic E-state index is 12.5. The second-order valence-electron chi connectivity index (χ2n) is 7.12. The maximum Gasteiger partial charge on any atom is 0.338 e. The largest absolute Gasteiger partial charge is 0.451 e. The number of anilines is 1. The van der Waals surface area contributed by atoms with Gasteiger partial charge in [0, 0.05) is 5.69 Å². The van der Waals surface area contributed by atoms with Gasteiger partial charge in [-0.2, -0.15) is 0 Å². The summed E-state index contributed by atoms with van der Waals surface area (Å²) in [6.45, 7) is -0.534. The number of ether oxygens (including phenoxy) is 1. The lowest BCUT2D eigenvalue weighted by atomic mass is 9.86. The highest BCUT2D eigenvalue weighted by atomic mass is 16.6. The van der Waals surface area contributed by atoms with Crippen LogP contribution in [0.25, 0.3) is 0 Å². The third kappa shape index (κ3) is 2.47. The van der Waals surface area contributed by atoms with Crippen LogP contribution in [0.1, 0.15) is 10.4 Å². The van der Waals surface area contributed by atoms with Crippen LogP contribution in [0.3, 0.4) is 0 Å². The molecule has 2 fully saturated rings. The molecule has 1 aromatic carbocycles. The molecule has 3 aliphatic rings. The second-order valence-corrected chi connectivity index (χ2v) is 7.12. The number of hydrogen-bond acceptors (Lipinski definition) is 12. The summed E-state index contributed by atoms with van der Waals surface area (Å²) in [4.78, 5) is 18.1. The van der Waals surface area contributed by atoms with Crippen LogP contribution < -0.4 is 27.8 Å². The highest BCUT2D eigenvalue weighted by Gasteiger charge is 2.74. The summed E-state index contributed by atoms with van der Waals surface area (Å²) in [5, 5.41) is 37.6. The van der Waals surface area contributed by atoms with Crippen LogP contribution in [0, 0.1) is 0 Å². The van der Waals surface area contributed by atoms with Gasteiger partial charge in [-0.15, -0.1) is 0 Å². The fourth-order valence-electron chi connectivity index (χ4n) is 4.20. The number of rotatable bonds is 3. The van der Waals surface area contributed by atoms with Gasteiger partial charge in [-0.1, -0.05) is 0 Å². The molecular formula is C16H23N7O5. The van der Waals surface area contributed by atoms with Gasteiger partial charge in [0.15, 0.2) is 17.7 Å². The van der Waals surface area contributed by atoms with Crippen molar-refractivity contribution < 1.29 is 24.9 Å². The van der Waals surface area contributed by atoms with Gasteiger partial charge < -0.3 is 42.2 Å². The summed E-state index contributed by atoms with van der Waals surface area (Å²) in [5.74, 6) is -3.37. The summed E-state index contributed by atoms with van der Waals surface area (Å²) in [5.41, 5.74) is 16.6. The van der Waals surface area contributed by atoms with Crippen molar-refractivity contribution >= 4 is 17.6 Å². The molecule has 0 bridgehead atoms. The van der Waals surface area contributed by atoms with E-state index in [1.165, 1.54) is 29.2 Å². The molecule has 5 atom stereocenters. The smallest absolute Gasteiger partial charge is 0.338 e. The minimum atomic E-state index is -2.59. The first-order chi connectivity index (χ1) is 13.2. The Labute approximate surface area is 159 Å². The van der Waals surface area contributed by atoms with E-state index in [9.17, 15) is 20.1 Å². The van der Waals surface area contributed by atoms with Gasteiger partial charge in [-0.05, 0) is 24.3 Å². The first-order valence-corrected chi connectivity index (χ1v) is 8.73. The van der Waals surface area contributed by atoms with E-state index in [0.29, 0.717) is 5.69 Å². The van der Waals surface area contributed by atoms with Crippen molar-refractivity contribution in [3.05, 3.63) is 29.8 Å². The van der Waals surface area contributed by atoms with Gasteiger partial charge in [0.1, 0.15) is 6.29 Å². The molecule has 4 rings (SSSR count). The van der Waals surface area contributed by atoms with Crippen molar-refractivity contribution in [1.82, 2.24) is 15.5 Å². The van der Waals surface area contributed by atoms with Crippen molar-refractivity contribution in [2.24, 2.45) is 16.5 Å². The number of nitrogens with one attached hydrogen (secondary N) is 2. The average molecular weight is 393 g/mol. The number of aliphatic hydroxyl groups excluding tert-OH is 1. The number of aliphatic imine (C=N–C) groups is 1. The SMILES string of the molecule is NC1=N[C@@H](CO)C2NC(N)NC23N1C[C@H](OC(=O)c1ccc(N)cc1)C3(O)O. The lowest BCUT2D eigenvalue weighted by molar-refractivity contribution is -0.258. The molecule has 12 nitrogen and oxygen atoms in total. The van der Waals surface area contributed by atoms with E-state index in [1.807, 2.05) is 0 Å². The van der Waals surface area contributed by atoms with E-state index in [-0.39, 0.29) is 18.1 Å². The number of nitrogens with two attached hydrogens (primary N) is 3. The number of hydrogen-bond donors (Lipinski definition) is 8. The van der Waals surface area contributed by atoms with Gasteiger partial charge >= 0.3 is 5.97 Å². The minimum absolute atomic E-state index is 0.0304. The fourth-order valence-corrected chi connectivity index (χ4v) is 4.20. The Kier molecular flexibility index (Phi) is 4.22. The van der Waals surface area contributed by atoms with Crippen LogP contribution in [0.15, 0.2) is 29.3 Å². The zero-order valence-corrected chi connectivity index (χ0v) is 14.8. The molecule has 3 aliphatic heterocycles. The van der Waals surface area contributed by atoms with E-state index < -0.39 is 48.5 Å². The summed E-state index contributed by atoms with van der Waals surface area (Å²) >= 11 is 0. The Morgan fingerprint density at radius 3 is 2.64 bits per heavy atom. The molecule has 3 heterocycles. The molecule has 0 aliphatic carbocycles. The number of nitrogens with zero attached hydrogens (tertiary/aromatic N) is 2. The third-order valence-corrected chi connectivity index (χ3v) is 5.51. The average Bonchev–Trinajstić information content (AvgIpc) is 3.11. The molecule has 0 aromatic heterocycles. The third-order valence-electron chi connectivity index (χ3n) is 5.51. The molecule has 0 radical (unpaired) electrons. The van der Waals surface area contributed by atoms with Crippen molar-refractivity contribution in [2.75, 3.05) is 18.9 Å². The van der Waals surface area contributed by atoms with Crippen LogP contribution in [0.5, 0.6) is 0 Å². The normalized spacial score (nSPS) is 35.9. The van der Waals surface area contributed by atoms with Gasteiger partial charge in [0.2, 0.25) is 5.79 Å². The van der Waals surface area contributed by atoms with Crippen molar-refractivity contribution in [1.29, 1.82) is 0 Å². The standard InChI is InChI=1S/C16H23N7O5/c17-8-3-1-7(2-4-8)12(25)28-10-5-23-14(19)20-9(6-24)11-15(23,16(10,26)27)22-13(18)21-11/h1-4,9-11,13,21-22,24,26-27H,5-6,17-18H2,(H2,19,20)/t9-,10-,11?,13?,15?/m0/s1. The number of carbonyl (C=O) groups excluding carboxylic acids is 1. The van der Waals surface area contributed by atoms with Crippen molar-refractivity contribution in [2.45, 2.75) is 35.9 Å². The number of benzene rings is 1. The Bertz CT molecular complexity index is 816. The monoisotopic (exact) mass is 393 g/mol. The number of aliphatic hydroxyl groups is 3. The summed E-state index contributed by atoms with van der Waals surface area (Å²) in [6.07, 6.45) is -2.20. The lowest BCUT2D eigenvalue weighted by Gasteiger charge is -2.48. The summed E-state index contributed by atoms with van der Waals surface area (Å²) in [7, 11) is 0. The van der Waals surface area contributed by atoms with E-state index >= 15 is 0 Å². The number of guanidine groups is 1. The van der Waals surface area contributed by atoms with Crippen LogP contribution in [0.2, 0.25) is 0 Å². The molecule has 1 aromatic rings. The molecule has 0 amide bonds. The molecule has 11 N–H and O–H groups in total. The van der Waals surface area contributed by atoms with Crippen LogP contribution >= 0.6 is 0 Å². The van der Waals surface area contributed by atoms with E-state index in [1.54, 1.807) is 0 Å². The second kappa shape index (κ2) is 6.27. The molecule has 0 saturated carbocycles. The van der Waals surface area contributed by atoms with E-state index in [2.05, 4.69) is 15.6 Å². The fraction of sp³-hybridized carbons (Fsp3) is 0.500. The van der Waals surface area contributed by atoms with Gasteiger partial charge in [-0.3, -0.25) is 10.6 Å². The predicted octanol–water partition coefficient (Wildman–Crippen LogP) is -4.02. The summed E-state index contributed by atoms with van der Waals surface area (Å²) in [6, 6.07) is 4.44. The molecule has 28 heavy (non-hydrogen) atoms. The Morgan fingerprint density at radius 1 is 1.32 bits per heavy atom. The molecule has 2 saturated heterocycles. The molecule has 12 heteroatoms. The topological polar surface area (TPSA) is 205 Å². The molecule has 152 valence electrons. The predicted molar refractivity (Wildman–Crippen MR) is 97.2 cm³/mol. The van der Waals surface area contributed by atoms with Gasteiger partial charge in [-0.25, -0.2) is 9.79 Å². The quantitative estimate of drug-likeness (QED) is 0.141. The van der Waals surface area contributed by atoms with Crippen molar-refractivity contribution in [3.63, 3.8) is 0 Å². The van der Waals surface area contributed by atoms with Crippen LogP contribution in [-0.4, -0.2) is 81.2 Å². The van der Waals surface area contributed by atoms with E-state index in [4.69, 9.17) is 21.9 Å². The number of nitrogen functional groups attached to an aromatic ring is 1. The highest BCUT2D eigenvalue weighted by Crippen LogP contribution is 2.44. The van der Waals surface area contributed by atoms with E-state index in [0.717, 1.165) is 0 Å². The first kappa shape index (κ1) is 18.9. The molecule has 1 spiro atoms. The van der Waals surface area contributed by atoms with Crippen LogP contribution in [-0.2, 0) is 4.74 Å². The Morgan fingerprint density at radius 2 is 2.00 bits per heavy atom. The lowest BCUT2D eigenvalue weighted by Crippen LogP contribution is -2.77. The Hall–Kier alpha value is -2.48. The number of carbonyl (C=O) groups is 1. The minimum Gasteiger partial charge on any atom is -0.451 e. The summed E-state index contributed by atoms with van der Waals surface area (Å²) < 4.78 is 5.40.